The average molecular weight is 212 g/mol. The minimum Gasteiger partial charge on any atom is -0.314 e. The molecule has 0 radical (unpaired) electrons. The first-order valence-electron chi connectivity index (χ1n) is 4.22. The number of thioether (sulfide) groups is 1. The van der Waals surface area contributed by atoms with Gasteiger partial charge in [0.15, 0.2) is 0 Å². The third-order valence-corrected chi connectivity index (χ3v) is 2.20. The predicted molar refractivity (Wildman–Crippen MR) is 54.8 cm³/mol. The minimum absolute atomic E-state index is 0.172. The van der Waals surface area contributed by atoms with Crippen molar-refractivity contribution in [2.24, 2.45) is 0 Å². The van der Waals surface area contributed by atoms with Gasteiger partial charge < -0.3 is 5.32 Å². The van der Waals surface area contributed by atoms with Gasteiger partial charge in [0.1, 0.15) is 0 Å². The normalized spacial score (nSPS) is 12.5. The number of hydrogen-bond donors (Lipinski definition) is 1. The quantitative estimate of drug-likeness (QED) is 0.681. The van der Waals surface area contributed by atoms with Gasteiger partial charge in [-0.3, -0.25) is 4.90 Å². The number of alkyl halides is 2. The summed E-state index contributed by atoms with van der Waals surface area (Å²) in [5.74, 6) is -1.73. The van der Waals surface area contributed by atoms with Crippen molar-refractivity contribution in [3.63, 3.8) is 0 Å². The van der Waals surface area contributed by atoms with E-state index in [0.717, 1.165) is 5.75 Å². The first-order chi connectivity index (χ1) is 6.02. The Balaban J connectivity index is 3.68. The zero-order valence-corrected chi connectivity index (χ0v) is 9.26. The van der Waals surface area contributed by atoms with Crippen molar-refractivity contribution in [3.8, 4) is 0 Å². The molecule has 0 aromatic heterocycles. The van der Waals surface area contributed by atoms with Crippen molar-refractivity contribution in [2.45, 2.75) is 5.92 Å². The Morgan fingerprint density at radius 1 is 1.46 bits per heavy atom. The van der Waals surface area contributed by atoms with Gasteiger partial charge in [-0.25, -0.2) is 8.78 Å². The van der Waals surface area contributed by atoms with Gasteiger partial charge in [-0.05, 0) is 20.4 Å². The average Bonchev–Trinajstić information content (AvgIpc) is 1.99. The highest BCUT2D eigenvalue weighted by Crippen LogP contribution is 2.13. The molecule has 0 amide bonds. The zero-order chi connectivity index (χ0) is 10.3. The monoisotopic (exact) mass is 212 g/mol. The highest BCUT2D eigenvalue weighted by atomic mass is 32.2. The minimum atomic E-state index is -2.62. The summed E-state index contributed by atoms with van der Waals surface area (Å²) in [4.78, 5) is 1.66. The van der Waals surface area contributed by atoms with E-state index in [0.29, 0.717) is 6.54 Å². The Bertz CT molecular complexity index is 133. The summed E-state index contributed by atoms with van der Waals surface area (Å²) < 4.78 is 26.0. The molecule has 0 bridgehead atoms. The van der Waals surface area contributed by atoms with Gasteiger partial charge in [-0.15, -0.1) is 0 Å². The third-order valence-electron chi connectivity index (χ3n) is 1.61. The van der Waals surface area contributed by atoms with E-state index in [1.165, 1.54) is 7.05 Å². The lowest BCUT2D eigenvalue weighted by Gasteiger charge is -2.23. The fourth-order valence-corrected chi connectivity index (χ4v) is 1.53. The van der Waals surface area contributed by atoms with Crippen LogP contribution in [-0.2, 0) is 0 Å². The first-order valence-corrected chi connectivity index (χ1v) is 5.61. The fraction of sp³-hybridized carbons (Fsp3) is 1.00. The molecule has 2 nitrogen and oxygen atoms in total. The molecule has 0 saturated heterocycles. The Morgan fingerprint density at radius 3 is 2.54 bits per heavy atom. The zero-order valence-electron chi connectivity index (χ0n) is 8.44. The van der Waals surface area contributed by atoms with Crippen molar-refractivity contribution < 1.29 is 8.78 Å². The van der Waals surface area contributed by atoms with E-state index in [2.05, 4.69) is 5.32 Å². The number of nitrogens with zero attached hydrogens (tertiary/aromatic N) is 1. The molecule has 0 rings (SSSR count). The van der Waals surface area contributed by atoms with Crippen molar-refractivity contribution in [1.29, 1.82) is 0 Å². The summed E-state index contributed by atoms with van der Waals surface area (Å²) in [7, 11) is 3.26. The molecular formula is C8H18F2N2S. The van der Waals surface area contributed by atoms with Crippen LogP contribution in [0, 0.1) is 0 Å². The lowest BCUT2D eigenvalue weighted by atomic mass is 10.3. The highest BCUT2D eigenvalue weighted by Gasteiger charge is 2.29. The van der Waals surface area contributed by atoms with Gasteiger partial charge in [-0.1, -0.05) is 0 Å². The topological polar surface area (TPSA) is 15.3 Å². The lowest BCUT2D eigenvalue weighted by Crippen LogP contribution is -2.41. The molecule has 0 aromatic rings. The Kier molecular flexibility index (Phi) is 6.63. The van der Waals surface area contributed by atoms with Crippen LogP contribution in [0.25, 0.3) is 0 Å². The van der Waals surface area contributed by atoms with Crippen molar-refractivity contribution in [3.05, 3.63) is 0 Å². The van der Waals surface area contributed by atoms with Crippen molar-refractivity contribution >= 4 is 11.8 Å². The second-order valence-electron chi connectivity index (χ2n) is 3.12. The second-order valence-corrected chi connectivity index (χ2v) is 4.10. The van der Waals surface area contributed by atoms with Crippen LogP contribution in [-0.4, -0.2) is 56.6 Å². The van der Waals surface area contributed by atoms with E-state index in [1.54, 1.807) is 23.7 Å². The van der Waals surface area contributed by atoms with Crippen LogP contribution in [0.3, 0.4) is 0 Å². The van der Waals surface area contributed by atoms with E-state index in [1.807, 2.05) is 6.26 Å². The van der Waals surface area contributed by atoms with Crippen LogP contribution in [0.4, 0.5) is 8.78 Å². The van der Waals surface area contributed by atoms with E-state index < -0.39 is 5.92 Å². The van der Waals surface area contributed by atoms with E-state index in [-0.39, 0.29) is 13.1 Å². The summed E-state index contributed by atoms with van der Waals surface area (Å²) in [5.41, 5.74) is 0. The highest BCUT2D eigenvalue weighted by molar-refractivity contribution is 7.98. The first kappa shape index (κ1) is 13.1. The van der Waals surface area contributed by atoms with Gasteiger partial charge >= 0.3 is 0 Å². The van der Waals surface area contributed by atoms with Gasteiger partial charge in [0.25, 0.3) is 5.92 Å². The van der Waals surface area contributed by atoms with Gasteiger partial charge in [0.2, 0.25) is 0 Å². The van der Waals surface area contributed by atoms with E-state index >= 15 is 0 Å². The molecule has 0 atom stereocenters. The molecule has 80 valence electrons. The summed E-state index contributed by atoms with van der Waals surface area (Å²) in [6.45, 7) is 0.283. The van der Waals surface area contributed by atoms with E-state index in [9.17, 15) is 8.78 Å². The van der Waals surface area contributed by atoms with Crippen molar-refractivity contribution in [1.82, 2.24) is 10.2 Å². The molecule has 0 aliphatic carbocycles. The molecule has 0 spiro atoms. The van der Waals surface area contributed by atoms with Crippen molar-refractivity contribution in [2.75, 3.05) is 45.7 Å². The molecular weight excluding hydrogens is 194 g/mol. The molecule has 1 N–H and O–H groups in total. The molecule has 0 aromatic carbocycles. The second kappa shape index (κ2) is 6.56. The summed E-state index contributed by atoms with van der Waals surface area (Å²) >= 11 is 1.67. The van der Waals surface area contributed by atoms with Gasteiger partial charge in [0, 0.05) is 12.3 Å². The standard InChI is InChI=1S/C8H18F2N2S/c1-11-6-8(9,10)7-12(2)4-5-13-3/h11H,4-7H2,1-3H3. The molecule has 0 aliphatic heterocycles. The maximum atomic E-state index is 13.0. The van der Waals surface area contributed by atoms with Crippen LogP contribution in [0.2, 0.25) is 0 Å². The number of nitrogens with one attached hydrogen (secondary N) is 1. The summed E-state index contributed by atoms with van der Waals surface area (Å²) in [6.07, 6.45) is 1.97. The van der Waals surface area contributed by atoms with Gasteiger partial charge in [-0.2, -0.15) is 11.8 Å². The summed E-state index contributed by atoms with van der Waals surface area (Å²) in [5, 5.41) is 2.49. The molecule has 0 fully saturated rings. The maximum Gasteiger partial charge on any atom is 0.272 e. The molecule has 13 heavy (non-hydrogen) atoms. The molecule has 0 heterocycles. The van der Waals surface area contributed by atoms with Crippen LogP contribution >= 0.6 is 11.8 Å². The largest absolute Gasteiger partial charge is 0.314 e. The summed E-state index contributed by atoms with van der Waals surface area (Å²) in [6, 6.07) is 0. The van der Waals surface area contributed by atoms with Crippen LogP contribution in [0.1, 0.15) is 0 Å². The Hall–Kier alpha value is 0.130. The lowest BCUT2D eigenvalue weighted by molar-refractivity contribution is -0.0220. The smallest absolute Gasteiger partial charge is 0.272 e. The van der Waals surface area contributed by atoms with Crippen LogP contribution < -0.4 is 5.32 Å². The predicted octanol–water partition coefficient (Wildman–Crippen LogP) is 1.14. The number of hydrogen-bond acceptors (Lipinski definition) is 3. The van der Waals surface area contributed by atoms with E-state index in [4.69, 9.17) is 0 Å². The Labute approximate surface area is 83.1 Å². The molecule has 0 aliphatic rings. The SMILES string of the molecule is CNCC(F)(F)CN(C)CCSC. The molecule has 5 heteroatoms. The molecule has 0 unspecified atom stereocenters. The Morgan fingerprint density at radius 2 is 2.08 bits per heavy atom. The number of rotatable bonds is 7. The third kappa shape index (κ3) is 7.22. The van der Waals surface area contributed by atoms with Gasteiger partial charge in [0.05, 0.1) is 13.1 Å². The van der Waals surface area contributed by atoms with Crippen LogP contribution in [0.5, 0.6) is 0 Å². The van der Waals surface area contributed by atoms with Crippen LogP contribution in [0.15, 0.2) is 0 Å². The molecule has 0 saturated carbocycles. The maximum absolute atomic E-state index is 13.0. The fourth-order valence-electron chi connectivity index (χ4n) is 1.04. The number of halogens is 2.